The van der Waals surface area contributed by atoms with Crippen LogP contribution in [-0.4, -0.2) is 13.0 Å². The maximum atomic E-state index is 9.74. The van der Waals surface area contributed by atoms with Gasteiger partial charge in [0.15, 0.2) is 0 Å². The average Bonchev–Trinajstić information content (AvgIpc) is 1.99. The van der Waals surface area contributed by atoms with Crippen molar-refractivity contribution in [1.82, 2.24) is 5.32 Å². The fourth-order valence-electron chi connectivity index (χ4n) is 0.671. The third kappa shape index (κ3) is 22.7. The van der Waals surface area contributed by atoms with Gasteiger partial charge < -0.3 is 5.32 Å². The van der Waals surface area contributed by atoms with Crippen LogP contribution in [0.25, 0.3) is 0 Å². The number of amides is 1. The van der Waals surface area contributed by atoms with Crippen LogP contribution >= 0.6 is 0 Å². The summed E-state index contributed by atoms with van der Waals surface area (Å²) in [5.74, 6) is 0.749. The molecule has 12 heavy (non-hydrogen) atoms. The molecule has 0 aromatic rings. The molecule has 0 aromatic carbocycles. The Bertz CT molecular complexity index is 81.9. The van der Waals surface area contributed by atoms with Crippen LogP contribution in [0.5, 0.6) is 0 Å². The molecule has 0 bridgehead atoms. The first-order valence-corrected chi connectivity index (χ1v) is 4.86. The zero-order valence-corrected chi connectivity index (χ0v) is 8.89. The van der Waals surface area contributed by atoms with Crippen molar-refractivity contribution in [3.05, 3.63) is 0 Å². The first kappa shape index (κ1) is 14.0. The molecule has 0 radical (unpaired) electrons. The van der Waals surface area contributed by atoms with Crippen LogP contribution in [0.4, 0.5) is 0 Å². The second kappa shape index (κ2) is 13.1. The first-order chi connectivity index (χ1) is 5.68. The third-order valence-electron chi connectivity index (χ3n) is 1.19. The summed E-state index contributed by atoms with van der Waals surface area (Å²) in [5, 5.41) is 2.62. The number of hydrogen-bond donors (Lipinski definition) is 1. The molecule has 1 N–H and O–H groups in total. The molecule has 0 aliphatic rings. The second-order valence-corrected chi connectivity index (χ2v) is 3.32. The van der Waals surface area contributed by atoms with E-state index >= 15 is 0 Å². The topological polar surface area (TPSA) is 29.1 Å². The Morgan fingerprint density at radius 2 is 1.83 bits per heavy atom. The summed E-state index contributed by atoms with van der Waals surface area (Å²) in [5.41, 5.74) is 0. The van der Waals surface area contributed by atoms with Crippen LogP contribution < -0.4 is 5.32 Å². The van der Waals surface area contributed by atoms with Gasteiger partial charge in [0.25, 0.3) is 0 Å². The van der Waals surface area contributed by atoms with E-state index in [0.29, 0.717) is 0 Å². The Kier molecular flexibility index (Phi) is 15.3. The monoisotopic (exact) mass is 173 g/mol. The Morgan fingerprint density at radius 3 is 2.17 bits per heavy atom. The Morgan fingerprint density at radius 1 is 1.33 bits per heavy atom. The van der Waals surface area contributed by atoms with Gasteiger partial charge in [0.1, 0.15) is 0 Å². The van der Waals surface area contributed by atoms with Crippen LogP contribution in [0.3, 0.4) is 0 Å². The van der Waals surface area contributed by atoms with Crippen molar-refractivity contribution in [2.75, 3.05) is 6.54 Å². The molecule has 0 saturated carbocycles. The van der Waals surface area contributed by atoms with E-state index in [-0.39, 0.29) is 0 Å². The molecule has 0 aliphatic heterocycles. The predicted octanol–water partition coefficient (Wildman–Crippen LogP) is 2.58. The van der Waals surface area contributed by atoms with E-state index in [4.69, 9.17) is 0 Å². The molecule has 74 valence electrons. The number of nitrogens with one attached hydrogen (secondary N) is 1. The largest absolute Gasteiger partial charge is 0.359 e. The second-order valence-electron chi connectivity index (χ2n) is 3.32. The molecule has 2 heteroatoms. The van der Waals surface area contributed by atoms with Crippen LogP contribution in [0, 0.1) is 5.92 Å². The lowest BCUT2D eigenvalue weighted by Gasteiger charge is -2.01. The molecule has 0 unspecified atom stereocenters. The summed E-state index contributed by atoms with van der Waals surface area (Å²) in [6.07, 6.45) is 4.29. The lowest BCUT2D eigenvalue weighted by Crippen LogP contribution is -2.12. The zero-order chi connectivity index (χ0) is 9.82. The highest BCUT2D eigenvalue weighted by atomic mass is 16.1. The molecule has 0 heterocycles. The minimum absolute atomic E-state index is 0.749. The van der Waals surface area contributed by atoms with E-state index in [0.717, 1.165) is 25.3 Å². The van der Waals surface area contributed by atoms with Gasteiger partial charge in [0.05, 0.1) is 0 Å². The highest BCUT2D eigenvalue weighted by Crippen LogP contribution is 2.01. The number of carbonyl (C=O) groups is 1. The number of carbonyl (C=O) groups excluding carboxylic acids is 1. The molecule has 0 atom stereocenters. The van der Waals surface area contributed by atoms with Gasteiger partial charge in [-0.1, -0.05) is 34.1 Å². The fraction of sp³-hybridized carbons (Fsp3) is 0.900. The van der Waals surface area contributed by atoms with Gasteiger partial charge in [-0.15, -0.1) is 0 Å². The van der Waals surface area contributed by atoms with Gasteiger partial charge in [0.2, 0.25) is 6.41 Å². The Labute approximate surface area is 76.7 Å². The minimum atomic E-state index is 0.749. The molecule has 0 aromatic heterocycles. The van der Waals surface area contributed by atoms with Gasteiger partial charge in [-0.2, -0.15) is 0 Å². The van der Waals surface area contributed by atoms with Gasteiger partial charge >= 0.3 is 0 Å². The summed E-state index contributed by atoms with van der Waals surface area (Å²) < 4.78 is 0. The summed E-state index contributed by atoms with van der Waals surface area (Å²) in [4.78, 5) is 9.74. The van der Waals surface area contributed by atoms with Crippen LogP contribution in [-0.2, 0) is 4.79 Å². The maximum Gasteiger partial charge on any atom is 0.207 e. The standard InChI is InChI=1S/C7H15NO.C3H8/c1-7(2)4-3-5-8-6-9;1-3-2/h6-7H,3-5H2,1-2H3,(H,8,9);3H2,1-2H3. The molecule has 0 rings (SSSR count). The van der Waals surface area contributed by atoms with Crippen molar-refractivity contribution in [2.45, 2.75) is 47.0 Å². The van der Waals surface area contributed by atoms with Crippen molar-refractivity contribution in [2.24, 2.45) is 5.92 Å². The Hall–Kier alpha value is -0.530. The number of rotatable bonds is 5. The van der Waals surface area contributed by atoms with Crippen LogP contribution in [0.15, 0.2) is 0 Å². The maximum absolute atomic E-state index is 9.74. The summed E-state index contributed by atoms with van der Waals surface area (Å²) in [6, 6.07) is 0. The highest BCUT2D eigenvalue weighted by molar-refractivity contribution is 5.45. The molecule has 0 saturated heterocycles. The summed E-state index contributed by atoms with van der Waals surface area (Å²) >= 11 is 0. The lowest BCUT2D eigenvalue weighted by atomic mass is 10.1. The van der Waals surface area contributed by atoms with E-state index in [1.165, 1.54) is 12.8 Å². The quantitative estimate of drug-likeness (QED) is 0.502. The van der Waals surface area contributed by atoms with Crippen LogP contribution in [0.2, 0.25) is 0 Å². The third-order valence-corrected chi connectivity index (χ3v) is 1.19. The molecule has 0 aliphatic carbocycles. The van der Waals surface area contributed by atoms with Gasteiger partial charge in [-0.05, 0) is 18.8 Å². The highest BCUT2D eigenvalue weighted by Gasteiger charge is 1.91. The predicted molar refractivity (Wildman–Crippen MR) is 54.1 cm³/mol. The first-order valence-electron chi connectivity index (χ1n) is 4.86. The average molecular weight is 173 g/mol. The molecular formula is C10H23NO. The van der Waals surface area contributed by atoms with Crippen molar-refractivity contribution >= 4 is 6.41 Å². The SMILES string of the molecule is CC(C)CCCNC=O.CCC. The Balaban J connectivity index is 0. The smallest absolute Gasteiger partial charge is 0.207 e. The normalized spacial score (nSPS) is 8.75. The fourth-order valence-corrected chi connectivity index (χ4v) is 0.671. The van der Waals surface area contributed by atoms with Crippen molar-refractivity contribution in [3.8, 4) is 0 Å². The van der Waals surface area contributed by atoms with E-state index < -0.39 is 0 Å². The summed E-state index contributed by atoms with van der Waals surface area (Å²) in [6.45, 7) is 9.43. The van der Waals surface area contributed by atoms with Gasteiger partial charge in [-0.3, -0.25) is 4.79 Å². The van der Waals surface area contributed by atoms with E-state index in [9.17, 15) is 4.79 Å². The van der Waals surface area contributed by atoms with E-state index in [1.807, 2.05) is 0 Å². The van der Waals surface area contributed by atoms with Gasteiger partial charge in [0, 0.05) is 6.54 Å². The molecule has 0 fully saturated rings. The molecule has 2 nitrogen and oxygen atoms in total. The van der Waals surface area contributed by atoms with E-state index in [2.05, 4.69) is 33.0 Å². The van der Waals surface area contributed by atoms with Crippen molar-refractivity contribution in [1.29, 1.82) is 0 Å². The van der Waals surface area contributed by atoms with Crippen molar-refractivity contribution < 1.29 is 4.79 Å². The number of hydrogen-bond acceptors (Lipinski definition) is 1. The summed E-state index contributed by atoms with van der Waals surface area (Å²) in [7, 11) is 0. The van der Waals surface area contributed by atoms with E-state index in [1.54, 1.807) is 0 Å². The molecule has 0 spiro atoms. The van der Waals surface area contributed by atoms with Crippen LogP contribution in [0.1, 0.15) is 47.0 Å². The molecule has 1 amide bonds. The van der Waals surface area contributed by atoms with Crippen molar-refractivity contribution in [3.63, 3.8) is 0 Å². The lowest BCUT2D eigenvalue weighted by molar-refractivity contribution is -0.109. The van der Waals surface area contributed by atoms with Gasteiger partial charge in [-0.25, -0.2) is 0 Å². The minimum Gasteiger partial charge on any atom is -0.359 e. The zero-order valence-electron chi connectivity index (χ0n) is 8.89. The molecular weight excluding hydrogens is 150 g/mol.